The van der Waals surface area contributed by atoms with Crippen LogP contribution in [0.4, 0.5) is 4.79 Å². The van der Waals surface area contributed by atoms with E-state index in [0.717, 1.165) is 11.1 Å². The summed E-state index contributed by atoms with van der Waals surface area (Å²) in [5, 5.41) is 11.4. The molecule has 0 spiro atoms. The van der Waals surface area contributed by atoms with Gasteiger partial charge in [0.2, 0.25) is 17.7 Å². The predicted molar refractivity (Wildman–Crippen MR) is 180 cm³/mol. The molecule has 11 nitrogen and oxygen atoms in total. The molecule has 258 valence electrons. The molecule has 4 atom stereocenters. The van der Waals surface area contributed by atoms with Crippen LogP contribution in [-0.2, 0) is 41.5 Å². The number of esters is 1. The molecule has 0 heterocycles. The number of hydrogen-bond acceptors (Lipinski definition) is 7. The third-order valence-electron chi connectivity index (χ3n) is 7.51. The van der Waals surface area contributed by atoms with Crippen molar-refractivity contribution in [1.82, 2.24) is 21.3 Å². The number of methoxy groups -OCH3 is 1. The fraction of sp³-hybridized carbons (Fsp3) is 0.528. The molecule has 11 heteroatoms. The summed E-state index contributed by atoms with van der Waals surface area (Å²) in [7, 11) is 1.29. The van der Waals surface area contributed by atoms with Gasteiger partial charge in [-0.3, -0.25) is 19.2 Å². The minimum Gasteiger partial charge on any atom is -0.469 e. The zero-order chi connectivity index (χ0) is 35.1. The summed E-state index contributed by atoms with van der Waals surface area (Å²) in [4.78, 5) is 65.2. The minimum absolute atomic E-state index is 0.00511. The summed E-state index contributed by atoms with van der Waals surface area (Å²) in [5.41, 5.74) is 0.921. The molecule has 47 heavy (non-hydrogen) atoms. The van der Waals surface area contributed by atoms with Gasteiger partial charge in [0.15, 0.2) is 0 Å². The molecule has 0 aliphatic heterocycles. The third-order valence-corrected chi connectivity index (χ3v) is 7.51. The van der Waals surface area contributed by atoms with Gasteiger partial charge in [-0.2, -0.15) is 0 Å². The number of benzene rings is 2. The number of carbonyl (C=O) groups excluding carboxylic acids is 5. The van der Waals surface area contributed by atoms with Gasteiger partial charge in [0.05, 0.1) is 13.5 Å². The molecule has 0 aromatic heterocycles. The average molecular weight is 653 g/mol. The van der Waals surface area contributed by atoms with Crippen LogP contribution in [0.2, 0.25) is 0 Å². The zero-order valence-corrected chi connectivity index (χ0v) is 28.9. The highest BCUT2D eigenvalue weighted by Crippen LogP contribution is 2.13. The van der Waals surface area contributed by atoms with Crippen molar-refractivity contribution in [3.63, 3.8) is 0 Å². The van der Waals surface area contributed by atoms with Gasteiger partial charge in [-0.05, 0) is 43.7 Å². The maximum Gasteiger partial charge on any atom is 0.408 e. The lowest BCUT2D eigenvalue weighted by Gasteiger charge is -2.28. The Morgan fingerprint density at radius 1 is 0.638 bits per heavy atom. The van der Waals surface area contributed by atoms with Crippen LogP contribution >= 0.6 is 0 Å². The van der Waals surface area contributed by atoms with E-state index in [1.165, 1.54) is 7.11 Å². The Balaban J connectivity index is 2.22. The van der Waals surface area contributed by atoms with Crippen molar-refractivity contribution in [2.24, 2.45) is 11.8 Å². The normalized spacial score (nSPS) is 13.9. The fourth-order valence-electron chi connectivity index (χ4n) is 4.76. The van der Waals surface area contributed by atoms with Gasteiger partial charge in [0.1, 0.15) is 17.7 Å². The second-order valence-electron chi connectivity index (χ2n) is 13.4. The summed E-state index contributed by atoms with van der Waals surface area (Å²) in [6.45, 7) is 12.7. The highest BCUT2D eigenvalue weighted by atomic mass is 16.6. The Bertz CT molecular complexity index is 1310. The summed E-state index contributed by atoms with van der Waals surface area (Å²) in [5.74, 6) is -2.00. The van der Waals surface area contributed by atoms with Crippen molar-refractivity contribution in [2.75, 3.05) is 7.11 Å². The summed E-state index contributed by atoms with van der Waals surface area (Å²) >= 11 is 0. The van der Waals surface area contributed by atoms with E-state index in [0.29, 0.717) is 0 Å². The lowest BCUT2D eigenvalue weighted by Crippen LogP contribution is -2.55. The highest BCUT2D eigenvalue weighted by molar-refractivity contribution is 5.90. The van der Waals surface area contributed by atoms with Gasteiger partial charge in [-0.25, -0.2) is 4.79 Å². The standard InChI is InChI=1S/C36H52N4O7/c1-23(2)27(38-34(44)30(20-26-17-13-10-14-18-26)40-35(45)47-36(5,6)7)21-31(41)37-29(19-25-15-11-9-12-16-25)33(43)39-28(24(3)4)22-32(42)46-8/h9-18,23-24,27-30H,19-22H2,1-8H3,(H,37,41)(H,38,44)(H,39,43)(H,40,45)/t27-,28-,29-,30-/m1/s1. The van der Waals surface area contributed by atoms with Gasteiger partial charge in [-0.1, -0.05) is 88.4 Å². The summed E-state index contributed by atoms with van der Waals surface area (Å²) < 4.78 is 10.2. The van der Waals surface area contributed by atoms with E-state index in [9.17, 15) is 24.0 Å². The largest absolute Gasteiger partial charge is 0.469 e. The molecule has 0 saturated carbocycles. The molecule has 0 radical (unpaired) electrons. The maximum atomic E-state index is 13.6. The summed E-state index contributed by atoms with van der Waals surface area (Å²) in [6, 6.07) is 15.6. The van der Waals surface area contributed by atoms with Crippen LogP contribution in [0, 0.1) is 11.8 Å². The number of rotatable bonds is 16. The third kappa shape index (κ3) is 14.7. The molecule has 2 aromatic rings. The van der Waals surface area contributed by atoms with Crippen molar-refractivity contribution in [3.05, 3.63) is 71.8 Å². The van der Waals surface area contributed by atoms with Crippen LogP contribution in [0.3, 0.4) is 0 Å². The first-order valence-corrected chi connectivity index (χ1v) is 16.1. The topological polar surface area (TPSA) is 152 Å². The molecule has 2 rings (SSSR count). The quantitative estimate of drug-likeness (QED) is 0.200. The van der Waals surface area contributed by atoms with Gasteiger partial charge >= 0.3 is 12.1 Å². The summed E-state index contributed by atoms with van der Waals surface area (Å²) in [6.07, 6.45) is -0.407. The molecule has 0 aliphatic rings. The lowest BCUT2D eigenvalue weighted by atomic mass is 9.97. The number of carbonyl (C=O) groups is 5. The monoisotopic (exact) mass is 652 g/mol. The van der Waals surface area contributed by atoms with E-state index in [2.05, 4.69) is 21.3 Å². The second kappa shape index (κ2) is 18.7. The molecular weight excluding hydrogens is 600 g/mol. The van der Waals surface area contributed by atoms with Crippen LogP contribution < -0.4 is 21.3 Å². The molecule has 0 fully saturated rings. The average Bonchev–Trinajstić information content (AvgIpc) is 2.99. The van der Waals surface area contributed by atoms with Crippen LogP contribution in [0.25, 0.3) is 0 Å². The van der Waals surface area contributed by atoms with E-state index in [1.807, 2.05) is 88.4 Å². The van der Waals surface area contributed by atoms with Gasteiger partial charge < -0.3 is 30.7 Å². The van der Waals surface area contributed by atoms with E-state index in [-0.39, 0.29) is 37.5 Å². The lowest BCUT2D eigenvalue weighted by molar-refractivity contribution is -0.142. The van der Waals surface area contributed by atoms with Crippen molar-refractivity contribution >= 4 is 29.8 Å². The Morgan fingerprint density at radius 3 is 1.47 bits per heavy atom. The van der Waals surface area contributed by atoms with E-state index < -0.39 is 59.6 Å². The van der Waals surface area contributed by atoms with Crippen LogP contribution in [0.15, 0.2) is 60.7 Å². The van der Waals surface area contributed by atoms with Gasteiger partial charge in [0.25, 0.3) is 0 Å². The molecule has 4 amide bonds. The number of nitrogens with one attached hydrogen (secondary N) is 4. The molecule has 2 aromatic carbocycles. The first-order chi connectivity index (χ1) is 22.1. The number of hydrogen-bond donors (Lipinski definition) is 4. The molecule has 0 saturated heterocycles. The zero-order valence-electron chi connectivity index (χ0n) is 28.9. The smallest absolute Gasteiger partial charge is 0.408 e. The number of alkyl carbamates (subject to hydrolysis) is 1. The number of amides is 4. The predicted octanol–water partition coefficient (Wildman–Crippen LogP) is 4.08. The highest BCUT2D eigenvalue weighted by Gasteiger charge is 2.30. The Kier molecular flexibility index (Phi) is 15.4. The van der Waals surface area contributed by atoms with E-state index in [4.69, 9.17) is 9.47 Å². The Labute approximate surface area is 278 Å². The minimum atomic E-state index is -0.962. The first kappa shape index (κ1) is 38.8. The van der Waals surface area contributed by atoms with E-state index in [1.54, 1.807) is 20.8 Å². The molecule has 0 bridgehead atoms. The van der Waals surface area contributed by atoms with E-state index >= 15 is 0 Å². The number of ether oxygens (including phenoxy) is 2. The molecule has 0 aliphatic carbocycles. The fourth-order valence-corrected chi connectivity index (χ4v) is 4.76. The Hall–Kier alpha value is -4.41. The molecular formula is C36H52N4O7. The Morgan fingerprint density at radius 2 is 1.06 bits per heavy atom. The van der Waals surface area contributed by atoms with Crippen molar-refractivity contribution in [2.45, 2.75) is 104 Å². The van der Waals surface area contributed by atoms with Crippen LogP contribution in [-0.4, -0.2) is 66.7 Å². The van der Waals surface area contributed by atoms with Gasteiger partial charge in [0, 0.05) is 31.3 Å². The van der Waals surface area contributed by atoms with Crippen LogP contribution in [0.5, 0.6) is 0 Å². The molecule has 4 N–H and O–H groups in total. The van der Waals surface area contributed by atoms with Crippen molar-refractivity contribution in [3.8, 4) is 0 Å². The van der Waals surface area contributed by atoms with Crippen molar-refractivity contribution < 1.29 is 33.4 Å². The SMILES string of the molecule is COC(=O)C[C@@H](NC(=O)[C@@H](Cc1ccccc1)NC(=O)C[C@@H](NC(=O)[C@@H](Cc1ccccc1)NC(=O)OC(C)(C)C)C(C)C)C(C)C. The second-order valence-corrected chi connectivity index (χ2v) is 13.4. The van der Waals surface area contributed by atoms with Crippen LogP contribution in [0.1, 0.15) is 72.4 Å². The molecule has 0 unspecified atom stereocenters. The van der Waals surface area contributed by atoms with Crippen molar-refractivity contribution in [1.29, 1.82) is 0 Å². The first-order valence-electron chi connectivity index (χ1n) is 16.1. The maximum absolute atomic E-state index is 13.6. The van der Waals surface area contributed by atoms with Gasteiger partial charge in [-0.15, -0.1) is 0 Å².